The second-order valence-electron chi connectivity index (χ2n) is 5.20. The van der Waals surface area contributed by atoms with Crippen LogP contribution in [0.15, 0.2) is 46.9 Å². The van der Waals surface area contributed by atoms with Crippen molar-refractivity contribution in [3.05, 3.63) is 63.6 Å². The topological polar surface area (TPSA) is 35.2 Å². The van der Waals surface area contributed by atoms with E-state index in [-0.39, 0.29) is 12.1 Å². The van der Waals surface area contributed by atoms with Gasteiger partial charge in [0.1, 0.15) is 11.9 Å². The maximum atomic E-state index is 6.10. The third-order valence-electron chi connectivity index (χ3n) is 3.42. The summed E-state index contributed by atoms with van der Waals surface area (Å²) in [6, 6.07) is 14.1. The minimum absolute atomic E-state index is 0.0854. The monoisotopic (exact) mass is 333 g/mol. The lowest BCUT2D eigenvalue weighted by Gasteiger charge is -2.23. The molecule has 0 aliphatic heterocycles. The lowest BCUT2D eigenvalue weighted by molar-refractivity contribution is 0.180. The minimum atomic E-state index is -0.148. The SMILES string of the molecule is Cc1ccc(OC(c2ccc(Br)cc2)C(C)N)cc1C. The first-order valence-corrected chi connectivity index (χ1v) is 7.51. The van der Waals surface area contributed by atoms with E-state index in [4.69, 9.17) is 10.5 Å². The molecule has 2 nitrogen and oxygen atoms in total. The van der Waals surface area contributed by atoms with Crippen LogP contribution in [-0.2, 0) is 0 Å². The van der Waals surface area contributed by atoms with Gasteiger partial charge in [-0.05, 0) is 61.7 Å². The standard InChI is InChI=1S/C17H20BrNO/c1-11-4-9-16(10-12(11)2)20-17(13(3)19)14-5-7-15(18)8-6-14/h4-10,13,17H,19H2,1-3H3. The van der Waals surface area contributed by atoms with Gasteiger partial charge >= 0.3 is 0 Å². The molecule has 0 heterocycles. The Morgan fingerprint density at radius 2 is 1.65 bits per heavy atom. The molecule has 2 aromatic rings. The summed E-state index contributed by atoms with van der Waals surface area (Å²) in [5, 5.41) is 0. The molecular formula is C17H20BrNO. The smallest absolute Gasteiger partial charge is 0.138 e. The summed E-state index contributed by atoms with van der Waals surface area (Å²) in [7, 11) is 0. The molecular weight excluding hydrogens is 314 g/mol. The molecule has 0 spiro atoms. The first kappa shape index (κ1) is 15.1. The highest BCUT2D eigenvalue weighted by molar-refractivity contribution is 9.10. The summed E-state index contributed by atoms with van der Waals surface area (Å²) in [6.07, 6.45) is -0.148. The van der Waals surface area contributed by atoms with Crippen molar-refractivity contribution < 1.29 is 4.74 Å². The van der Waals surface area contributed by atoms with Gasteiger partial charge in [-0.25, -0.2) is 0 Å². The predicted molar refractivity (Wildman–Crippen MR) is 87.1 cm³/mol. The average Bonchev–Trinajstić information content (AvgIpc) is 2.41. The fraction of sp³-hybridized carbons (Fsp3) is 0.294. The highest BCUT2D eigenvalue weighted by Crippen LogP contribution is 2.26. The van der Waals surface area contributed by atoms with Crippen molar-refractivity contribution in [2.24, 2.45) is 5.73 Å². The number of aryl methyl sites for hydroxylation is 2. The molecule has 0 saturated heterocycles. The number of rotatable bonds is 4. The van der Waals surface area contributed by atoms with Crippen LogP contribution in [-0.4, -0.2) is 6.04 Å². The fourth-order valence-electron chi connectivity index (χ4n) is 2.07. The molecule has 0 radical (unpaired) electrons. The van der Waals surface area contributed by atoms with E-state index in [0.29, 0.717) is 0 Å². The Balaban J connectivity index is 2.25. The van der Waals surface area contributed by atoms with Gasteiger partial charge in [-0.1, -0.05) is 34.1 Å². The molecule has 20 heavy (non-hydrogen) atoms. The van der Waals surface area contributed by atoms with Crippen molar-refractivity contribution in [2.75, 3.05) is 0 Å². The number of ether oxygens (including phenoxy) is 1. The Morgan fingerprint density at radius 3 is 2.20 bits per heavy atom. The summed E-state index contributed by atoms with van der Waals surface area (Å²) in [6.45, 7) is 6.15. The van der Waals surface area contributed by atoms with Gasteiger partial charge in [0.15, 0.2) is 0 Å². The van der Waals surface area contributed by atoms with Crippen LogP contribution in [0.5, 0.6) is 5.75 Å². The Morgan fingerprint density at radius 1 is 1.00 bits per heavy atom. The van der Waals surface area contributed by atoms with Crippen LogP contribution in [0.4, 0.5) is 0 Å². The Kier molecular flexibility index (Phi) is 4.84. The summed E-state index contributed by atoms with van der Waals surface area (Å²) >= 11 is 3.44. The van der Waals surface area contributed by atoms with Gasteiger partial charge in [-0.2, -0.15) is 0 Å². The summed E-state index contributed by atoms with van der Waals surface area (Å²) < 4.78 is 7.15. The highest BCUT2D eigenvalue weighted by Gasteiger charge is 2.18. The molecule has 3 heteroatoms. The second kappa shape index (κ2) is 6.42. The first-order chi connectivity index (χ1) is 9.47. The Bertz CT molecular complexity index is 578. The molecule has 0 fully saturated rings. The maximum absolute atomic E-state index is 6.10. The number of benzene rings is 2. The zero-order chi connectivity index (χ0) is 14.7. The molecule has 2 unspecified atom stereocenters. The van der Waals surface area contributed by atoms with Crippen molar-refractivity contribution in [1.29, 1.82) is 0 Å². The molecule has 2 aromatic carbocycles. The quantitative estimate of drug-likeness (QED) is 0.891. The number of hydrogen-bond donors (Lipinski definition) is 1. The molecule has 0 bridgehead atoms. The van der Waals surface area contributed by atoms with Crippen molar-refractivity contribution in [3.63, 3.8) is 0 Å². The van der Waals surface area contributed by atoms with Crippen molar-refractivity contribution in [2.45, 2.75) is 32.9 Å². The van der Waals surface area contributed by atoms with E-state index in [1.54, 1.807) is 0 Å². The van der Waals surface area contributed by atoms with Gasteiger partial charge < -0.3 is 10.5 Å². The van der Waals surface area contributed by atoms with Crippen LogP contribution in [0, 0.1) is 13.8 Å². The first-order valence-electron chi connectivity index (χ1n) is 6.72. The molecule has 2 N–H and O–H groups in total. The van der Waals surface area contributed by atoms with Gasteiger partial charge in [-0.15, -0.1) is 0 Å². The van der Waals surface area contributed by atoms with E-state index < -0.39 is 0 Å². The third kappa shape index (κ3) is 3.62. The van der Waals surface area contributed by atoms with Crippen LogP contribution < -0.4 is 10.5 Å². The largest absolute Gasteiger partial charge is 0.484 e. The van der Waals surface area contributed by atoms with Crippen LogP contribution in [0.3, 0.4) is 0 Å². The van der Waals surface area contributed by atoms with E-state index in [9.17, 15) is 0 Å². The Hall–Kier alpha value is -1.32. The number of hydrogen-bond acceptors (Lipinski definition) is 2. The van der Waals surface area contributed by atoms with Crippen molar-refractivity contribution in [3.8, 4) is 5.75 Å². The van der Waals surface area contributed by atoms with Crippen LogP contribution in [0.2, 0.25) is 0 Å². The average molecular weight is 334 g/mol. The second-order valence-corrected chi connectivity index (χ2v) is 6.11. The van der Waals surface area contributed by atoms with Crippen molar-refractivity contribution in [1.82, 2.24) is 0 Å². The zero-order valence-corrected chi connectivity index (χ0v) is 13.6. The van der Waals surface area contributed by atoms with Crippen LogP contribution >= 0.6 is 15.9 Å². The minimum Gasteiger partial charge on any atom is -0.484 e. The van der Waals surface area contributed by atoms with Gasteiger partial charge in [-0.3, -0.25) is 0 Å². The van der Waals surface area contributed by atoms with Gasteiger partial charge in [0.25, 0.3) is 0 Å². The number of halogens is 1. The molecule has 2 atom stereocenters. The summed E-state index contributed by atoms with van der Waals surface area (Å²) in [5.74, 6) is 0.860. The molecule has 0 amide bonds. The van der Waals surface area contributed by atoms with Gasteiger partial charge in [0, 0.05) is 10.5 Å². The summed E-state index contributed by atoms with van der Waals surface area (Å²) in [4.78, 5) is 0. The van der Waals surface area contributed by atoms with E-state index in [2.05, 4.69) is 41.9 Å². The van der Waals surface area contributed by atoms with Gasteiger partial charge in [0.2, 0.25) is 0 Å². The number of nitrogens with two attached hydrogens (primary N) is 1. The molecule has 0 saturated carbocycles. The summed E-state index contributed by atoms with van der Waals surface area (Å²) in [5.41, 5.74) is 9.66. The van der Waals surface area contributed by atoms with Gasteiger partial charge in [0.05, 0.1) is 0 Å². The zero-order valence-electron chi connectivity index (χ0n) is 12.1. The lowest BCUT2D eigenvalue weighted by Crippen LogP contribution is -2.29. The maximum Gasteiger partial charge on any atom is 0.138 e. The fourth-order valence-corrected chi connectivity index (χ4v) is 2.33. The van der Waals surface area contributed by atoms with Crippen LogP contribution in [0.1, 0.15) is 29.7 Å². The normalized spacial score (nSPS) is 13.8. The van der Waals surface area contributed by atoms with Crippen LogP contribution in [0.25, 0.3) is 0 Å². The predicted octanol–water partition coefficient (Wildman–Crippen LogP) is 4.53. The highest BCUT2D eigenvalue weighted by atomic mass is 79.9. The molecule has 0 aromatic heterocycles. The van der Waals surface area contributed by atoms with E-state index in [1.165, 1.54) is 11.1 Å². The Labute approximate surface area is 129 Å². The van der Waals surface area contributed by atoms with E-state index in [1.807, 2.05) is 37.3 Å². The van der Waals surface area contributed by atoms with E-state index in [0.717, 1.165) is 15.8 Å². The molecule has 106 valence electrons. The molecule has 2 rings (SSSR count). The molecule has 0 aliphatic rings. The van der Waals surface area contributed by atoms with Crippen molar-refractivity contribution >= 4 is 15.9 Å². The molecule has 0 aliphatic carbocycles. The lowest BCUT2D eigenvalue weighted by atomic mass is 10.0. The third-order valence-corrected chi connectivity index (χ3v) is 3.95. The van der Waals surface area contributed by atoms with E-state index >= 15 is 0 Å².